The third-order valence-corrected chi connectivity index (χ3v) is 3.04. The first-order valence-corrected chi connectivity index (χ1v) is 5.46. The van der Waals surface area contributed by atoms with Crippen LogP contribution in [0.3, 0.4) is 0 Å². The molecule has 0 aliphatic carbocycles. The van der Waals surface area contributed by atoms with E-state index in [1.807, 2.05) is 7.05 Å². The van der Waals surface area contributed by atoms with Gasteiger partial charge in [-0.05, 0) is 27.7 Å². The third-order valence-electron chi connectivity index (χ3n) is 1.78. The summed E-state index contributed by atoms with van der Waals surface area (Å²) in [5.74, 6) is 0.461. The zero-order chi connectivity index (χ0) is 10.1. The molecule has 0 amide bonds. The molecule has 1 aromatic rings. The van der Waals surface area contributed by atoms with Gasteiger partial charge in [0.1, 0.15) is 20.5 Å². The van der Waals surface area contributed by atoms with Crippen LogP contribution in [0.2, 0.25) is 0 Å². The standard InChI is InChI=1S/C7H8IN3O2S/c1-11-7(14)4(5(8)9-11)6-10-13-3-2-12-6/h9H,2-3H2,1H3. The summed E-state index contributed by atoms with van der Waals surface area (Å²) in [5.41, 5.74) is 0.794. The molecular weight excluding hydrogens is 317 g/mol. The minimum Gasteiger partial charge on any atom is -0.471 e. The van der Waals surface area contributed by atoms with Gasteiger partial charge in [-0.1, -0.05) is 12.2 Å². The smallest absolute Gasteiger partial charge is 0.263 e. The van der Waals surface area contributed by atoms with Crippen molar-refractivity contribution in [3.05, 3.63) is 13.9 Å². The van der Waals surface area contributed by atoms with E-state index in [9.17, 15) is 0 Å². The fourth-order valence-electron chi connectivity index (χ4n) is 1.12. The molecule has 14 heavy (non-hydrogen) atoms. The Hall–Kier alpha value is -0.570. The van der Waals surface area contributed by atoms with Crippen LogP contribution < -0.4 is 0 Å². The molecule has 0 spiro atoms. The van der Waals surface area contributed by atoms with E-state index in [0.29, 0.717) is 23.8 Å². The van der Waals surface area contributed by atoms with Crippen molar-refractivity contribution in [2.75, 3.05) is 13.2 Å². The molecule has 0 unspecified atom stereocenters. The maximum Gasteiger partial charge on any atom is 0.263 e. The summed E-state index contributed by atoms with van der Waals surface area (Å²) in [6.45, 7) is 1.00. The number of aryl methyl sites for hydroxylation is 1. The van der Waals surface area contributed by atoms with Gasteiger partial charge in [0.05, 0.1) is 0 Å². The molecule has 7 heteroatoms. The Morgan fingerprint density at radius 2 is 2.36 bits per heavy atom. The highest BCUT2D eigenvalue weighted by Crippen LogP contribution is 2.15. The van der Waals surface area contributed by atoms with E-state index in [0.717, 1.165) is 9.26 Å². The van der Waals surface area contributed by atoms with Crippen molar-refractivity contribution < 1.29 is 9.57 Å². The van der Waals surface area contributed by atoms with Crippen molar-refractivity contribution >= 4 is 40.7 Å². The Labute approximate surface area is 99.2 Å². The third kappa shape index (κ3) is 1.65. The van der Waals surface area contributed by atoms with E-state index in [2.05, 4.69) is 32.8 Å². The minimum atomic E-state index is 0.461. The Kier molecular flexibility index (Phi) is 2.77. The fourth-order valence-corrected chi connectivity index (χ4v) is 2.39. The van der Waals surface area contributed by atoms with E-state index < -0.39 is 0 Å². The average molecular weight is 325 g/mol. The first-order valence-electron chi connectivity index (χ1n) is 3.98. The molecule has 0 radical (unpaired) electrons. The van der Waals surface area contributed by atoms with Crippen LogP contribution in [0.4, 0.5) is 0 Å². The lowest BCUT2D eigenvalue weighted by molar-refractivity contribution is 0.0654. The van der Waals surface area contributed by atoms with Crippen LogP contribution in [0.15, 0.2) is 5.16 Å². The number of halogens is 1. The minimum absolute atomic E-state index is 0.461. The van der Waals surface area contributed by atoms with Crippen LogP contribution in [-0.2, 0) is 16.6 Å². The van der Waals surface area contributed by atoms with Gasteiger partial charge in [-0.25, -0.2) is 0 Å². The summed E-state index contributed by atoms with van der Waals surface area (Å²) >= 11 is 7.36. The summed E-state index contributed by atoms with van der Waals surface area (Å²) in [6.07, 6.45) is 0. The molecule has 0 saturated carbocycles. The van der Waals surface area contributed by atoms with Crippen LogP contribution in [-0.4, -0.2) is 28.9 Å². The summed E-state index contributed by atoms with van der Waals surface area (Å²) in [5, 5.41) is 6.88. The number of aromatic amines is 1. The van der Waals surface area contributed by atoms with E-state index in [4.69, 9.17) is 21.8 Å². The van der Waals surface area contributed by atoms with Crippen LogP contribution in [0.1, 0.15) is 5.56 Å². The van der Waals surface area contributed by atoms with Gasteiger partial charge in [-0.15, -0.1) is 0 Å². The number of nitrogens with zero attached hydrogens (tertiary/aromatic N) is 2. The van der Waals surface area contributed by atoms with Gasteiger partial charge >= 0.3 is 0 Å². The number of aromatic nitrogens is 2. The molecule has 0 fully saturated rings. The number of H-pyrrole nitrogens is 1. The summed E-state index contributed by atoms with van der Waals surface area (Å²) < 4.78 is 8.67. The number of nitrogens with one attached hydrogen (secondary N) is 1. The number of rotatable bonds is 1. The molecular formula is C7H8IN3O2S. The molecule has 2 heterocycles. The van der Waals surface area contributed by atoms with Crippen LogP contribution >= 0.6 is 34.8 Å². The fraction of sp³-hybridized carbons (Fsp3) is 0.429. The highest BCUT2D eigenvalue weighted by Gasteiger charge is 2.18. The Morgan fingerprint density at radius 1 is 1.57 bits per heavy atom. The first kappa shape index (κ1) is 9.97. The topological polar surface area (TPSA) is 51.5 Å². The monoisotopic (exact) mass is 325 g/mol. The highest BCUT2D eigenvalue weighted by atomic mass is 127. The SMILES string of the molecule is Cn1[nH]c(I)c(C2=NOCCO2)c1=S. The van der Waals surface area contributed by atoms with Gasteiger partial charge in [0.25, 0.3) is 5.90 Å². The number of ether oxygens (including phenoxy) is 1. The molecule has 0 atom stereocenters. The van der Waals surface area contributed by atoms with Gasteiger partial charge in [-0.2, -0.15) is 0 Å². The van der Waals surface area contributed by atoms with E-state index >= 15 is 0 Å². The van der Waals surface area contributed by atoms with Crippen LogP contribution in [0.5, 0.6) is 0 Å². The van der Waals surface area contributed by atoms with Gasteiger partial charge in [-0.3, -0.25) is 9.78 Å². The lowest BCUT2D eigenvalue weighted by Crippen LogP contribution is -2.17. The maximum atomic E-state index is 5.36. The van der Waals surface area contributed by atoms with E-state index in [-0.39, 0.29) is 0 Å². The van der Waals surface area contributed by atoms with Gasteiger partial charge in [0.2, 0.25) is 0 Å². The predicted molar refractivity (Wildman–Crippen MR) is 61.8 cm³/mol. The van der Waals surface area contributed by atoms with Gasteiger partial charge < -0.3 is 9.57 Å². The van der Waals surface area contributed by atoms with Crippen LogP contribution in [0, 0.1) is 8.34 Å². The zero-order valence-electron chi connectivity index (χ0n) is 7.41. The Bertz CT molecular complexity index is 437. The second-order valence-corrected chi connectivity index (χ2v) is 4.21. The normalized spacial score (nSPS) is 15.7. The molecule has 5 nitrogen and oxygen atoms in total. The molecule has 1 aromatic heterocycles. The van der Waals surface area contributed by atoms with Gasteiger partial charge in [0.15, 0.2) is 6.61 Å². The largest absolute Gasteiger partial charge is 0.471 e. The first-order chi connectivity index (χ1) is 6.70. The molecule has 0 aromatic carbocycles. The Morgan fingerprint density at radius 3 is 2.86 bits per heavy atom. The van der Waals surface area contributed by atoms with Crippen molar-refractivity contribution in [3.8, 4) is 0 Å². The summed E-state index contributed by atoms with van der Waals surface area (Å²) in [4.78, 5) is 4.95. The van der Waals surface area contributed by atoms with Crippen LogP contribution in [0.25, 0.3) is 0 Å². The molecule has 0 saturated heterocycles. The highest BCUT2D eigenvalue weighted by molar-refractivity contribution is 14.1. The molecule has 1 aliphatic heterocycles. The van der Waals surface area contributed by atoms with Crippen molar-refractivity contribution in [2.24, 2.45) is 12.2 Å². The van der Waals surface area contributed by atoms with Crippen molar-refractivity contribution in [1.82, 2.24) is 9.78 Å². The number of hydrogen-bond acceptors (Lipinski definition) is 4. The van der Waals surface area contributed by atoms with Crippen molar-refractivity contribution in [2.45, 2.75) is 0 Å². The van der Waals surface area contributed by atoms with Crippen molar-refractivity contribution in [1.29, 1.82) is 0 Å². The van der Waals surface area contributed by atoms with E-state index in [1.165, 1.54) is 0 Å². The molecule has 2 rings (SSSR count). The second kappa shape index (κ2) is 3.89. The molecule has 76 valence electrons. The zero-order valence-corrected chi connectivity index (χ0v) is 10.4. The number of oxime groups is 1. The number of hydrogen-bond donors (Lipinski definition) is 1. The maximum absolute atomic E-state index is 5.36. The summed E-state index contributed by atoms with van der Waals surface area (Å²) in [7, 11) is 1.85. The van der Waals surface area contributed by atoms with Crippen molar-refractivity contribution in [3.63, 3.8) is 0 Å². The summed E-state index contributed by atoms with van der Waals surface area (Å²) in [6, 6.07) is 0. The average Bonchev–Trinajstić information content (AvgIpc) is 2.43. The lowest BCUT2D eigenvalue weighted by atomic mass is 10.3. The molecule has 0 bridgehead atoms. The lowest BCUT2D eigenvalue weighted by Gasteiger charge is -2.12. The Balaban J connectivity index is 2.50. The molecule has 1 aliphatic rings. The quantitative estimate of drug-likeness (QED) is 0.627. The predicted octanol–water partition coefficient (Wildman–Crippen LogP) is 1.40. The van der Waals surface area contributed by atoms with Gasteiger partial charge in [0, 0.05) is 7.05 Å². The second-order valence-electron chi connectivity index (χ2n) is 2.74. The molecule has 1 N–H and O–H groups in total. The van der Waals surface area contributed by atoms with E-state index in [1.54, 1.807) is 4.68 Å².